The molecule has 2 aromatic rings. The van der Waals surface area contributed by atoms with Crippen molar-refractivity contribution in [1.82, 2.24) is 19.5 Å². The van der Waals surface area contributed by atoms with Gasteiger partial charge in [0.25, 0.3) is 0 Å². The normalized spacial score (nSPS) is 16.0. The molecule has 12 nitrogen and oxygen atoms in total. The lowest BCUT2D eigenvalue weighted by Crippen LogP contribution is -2.24. The second kappa shape index (κ2) is 5.11. The molecule has 0 bridgehead atoms. The molecule has 2 unspecified atom stereocenters. The fourth-order valence-electron chi connectivity index (χ4n) is 1.72. The van der Waals surface area contributed by atoms with Gasteiger partial charge in [-0.05, 0) is 0 Å². The van der Waals surface area contributed by atoms with Crippen LogP contribution in [0.25, 0.3) is 11.2 Å². The van der Waals surface area contributed by atoms with Crippen molar-refractivity contribution >= 4 is 32.2 Å². The van der Waals surface area contributed by atoms with Gasteiger partial charge < -0.3 is 30.4 Å². The Hall–Kier alpha value is -1.39. The number of fused-ring (bicyclic) bond motifs is 1. The Balaban J connectivity index is 2.69. The molecule has 0 aromatic carbocycles. The maximum absolute atomic E-state index is 11.5. The summed E-state index contributed by atoms with van der Waals surface area (Å²) in [7, 11) is -10.4. The summed E-state index contributed by atoms with van der Waals surface area (Å²) in [5.41, 5.74) is 5.31. The molecule has 2 rings (SSSR count). The zero-order valence-electron chi connectivity index (χ0n) is 10.1. The Labute approximate surface area is 116 Å². The van der Waals surface area contributed by atoms with Crippen molar-refractivity contribution in [2.45, 2.75) is 11.6 Å². The summed E-state index contributed by atoms with van der Waals surface area (Å²) in [5, 5.41) is 9.60. The van der Waals surface area contributed by atoms with Crippen LogP contribution >= 0.6 is 15.2 Å². The van der Waals surface area contributed by atoms with E-state index in [1.807, 2.05) is 0 Å². The van der Waals surface area contributed by atoms with Crippen LogP contribution in [0.15, 0.2) is 12.7 Å². The molecule has 0 aliphatic heterocycles. The number of nitrogens with two attached hydrogens (primary N) is 1. The number of aromatic nitrogens is 4. The standard InChI is InChI=1S/C7H11N5O7P2/c8-4-3-5(10-1-9-4)12(2-11-3)6(20(14,15)16)7(13)21(17,18)19/h1-2,6-7,13H,(H2,8,9,10)(H2,14,15,16)(H2,17,18,19). The number of nitrogens with zero attached hydrogens (tertiary/aromatic N) is 4. The molecule has 116 valence electrons. The van der Waals surface area contributed by atoms with E-state index in [1.165, 1.54) is 0 Å². The minimum absolute atomic E-state index is 0.0196. The second-order valence-corrected chi connectivity index (χ2v) is 7.50. The van der Waals surface area contributed by atoms with Crippen molar-refractivity contribution in [3.8, 4) is 0 Å². The number of hydrogen-bond donors (Lipinski definition) is 6. The third kappa shape index (κ3) is 2.97. The summed E-state index contributed by atoms with van der Waals surface area (Å²) in [6.45, 7) is 0. The molecular weight excluding hydrogens is 328 g/mol. The van der Waals surface area contributed by atoms with Crippen molar-refractivity contribution in [3.05, 3.63) is 12.7 Å². The Morgan fingerprint density at radius 2 is 1.71 bits per heavy atom. The molecule has 7 N–H and O–H groups in total. The molecule has 0 spiro atoms. The number of aliphatic hydroxyl groups is 1. The SMILES string of the molecule is Nc1ncnc2c1ncn2C(C(O)P(=O)(O)O)P(=O)(O)O. The maximum atomic E-state index is 11.5. The predicted octanol–water partition coefficient (Wildman–Crippen LogP) is -1.42. The molecule has 0 aliphatic carbocycles. The van der Waals surface area contributed by atoms with Gasteiger partial charge in [-0.1, -0.05) is 0 Å². The van der Waals surface area contributed by atoms with Crippen molar-refractivity contribution < 1.29 is 33.8 Å². The highest BCUT2D eigenvalue weighted by Crippen LogP contribution is 2.59. The lowest BCUT2D eigenvalue weighted by atomic mass is 10.5. The van der Waals surface area contributed by atoms with Crippen molar-refractivity contribution in [3.63, 3.8) is 0 Å². The smallest absolute Gasteiger partial charge is 0.356 e. The van der Waals surface area contributed by atoms with Gasteiger partial charge in [0.1, 0.15) is 11.8 Å². The molecule has 0 saturated heterocycles. The Kier molecular flexibility index (Phi) is 3.89. The summed E-state index contributed by atoms with van der Waals surface area (Å²) < 4.78 is 23.3. The van der Waals surface area contributed by atoms with Crippen LogP contribution in [0, 0.1) is 0 Å². The number of hydrogen-bond acceptors (Lipinski definition) is 7. The van der Waals surface area contributed by atoms with Gasteiger partial charge in [0.05, 0.1) is 6.33 Å². The van der Waals surface area contributed by atoms with Crippen LogP contribution in [-0.2, 0) is 9.13 Å². The molecular formula is C7H11N5O7P2. The second-order valence-electron chi connectivity index (χ2n) is 4.09. The van der Waals surface area contributed by atoms with Crippen LogP contribution < -0.4 is 5.73 Å². The first-order chi connectivity index (χ1) is 9.53. The largest absolute Gasteiger partial charge is 0.382 e. The fourth-order valence-corrected chi connectivity index (χ4v) is 4.09. The fraction of sp³-hybridized carbons (Fsp3) is 0.286. The Morgan fingerprint density at radius 3 is 2.24 bits per heavy atom. The van der Waals surface area contributed by atoms with Gasteiger partial charge in [-0.2, -0.15) is 0 Å². The molecule has 0 fully saturated rings. The van der Waals surface area contributed by atoms with Crippen LogP contribution in [0.2, 0.25) is 0 Å². The Morgan fingerprint density at radius 1 is 1.10 bits per heavy atom. The van der Waals surface area contributed by atoms with Crippen LogP contribution in [0.1, 0.15) is 5.78 Å². The molecule has 14 heteroatoms. The topological polar surface area (TPSA) is 205 Å². The molecule has 0 radical (unpaired) electrons. The Bertz CT molecular complexity index is 766. The summed E-state index contributed by atoms with van der Waals surface area (Å²) in [6.07, 6.45) is 1.84. The highest BCUT2D eigenvalue weighted by Gasteiger charge is 2.46. The minimum atomic E-state index is -5.20. The van der Waals surface area contributed by atoms with E-state index in [2.05, 4.69) is 15.0 Å². The van der Waals surface area contributed by atoms with E-state index < -0.39 is 26.8 Å². The van der Waals surface area contributed by atoms with Crippen LogP contribution in [0.3, 0.4) is 0 Å². The van der Waals surface area contributed by atoms with E-state index in [1.54, 1.807) is 0 Å². The lowest BCUT2D eigenvalue weighted by molar-refractivity contribution is 0.164. The first-order valence-corrected chi connectivity index (χ1v) is 8.61. The molecule has 2 atom stereocenters. The number of imidazole rings is 1. The highest BCUT2D eigenvalue weighted by atomic mass is 31.2. The lowest BCUT2D eigenvalue weighted by Gasteiger charge is -2.25. The van der Waals surface area contributed by atoms with Crippen LogP contribution in [-0.4, -0.2) is 50.0 Å². The first kappa shape index (κ1) is 16.0. The summed E-state index contributed by atoms with van der Waals surface area (Å²) in [5.74, 6) is -5.00. The van der Waals surface area contributed by atoms with Crippen LogP contribution in [0.5, 0.6) is 0 Å². The van der Waals surface area contributed by atoms with E-state index >= 15 is 0 Å². The first-order valence-electron chi connectivity index (χ1n) is 5.25. The molecule has 2 heterocycles. The maximum Gasteiger partial charge on any atom is 0.356 e. The zero-order valence-corrected chi connectivity index (χ0v) is 11.9. The zero-order chi connectivity index (χ0) is 16.0. The summed E-state index contributed by atoms with van der Waals surface area (Å²) in [4.78, 5) is 47.6. The van der Waals surface area contributed by atoms with E-state index in [4.69, 9.17) is 15.5 Å². The number of anilines is 1. The summed E-state index contributed by atoms with van der Waals surface area (Å²) in [6, 6.07) is 0. The number of nitrogen functional groups attached to an aromatic ring is 1. The third-order valence-corrected chi connectivity index (χ3v) is 5.06. The number of aliphatic hydroxyl groups excluding tert-OH is 1. The predicted molar refractivity (Wildman–Crippen MR) is 68.9 cm³/mol. The van der Waals surface area contributed by atoms with E-state index in [9.17, 15) is 24.0 Å². The third-order valence-electron chi connectivity index (χ3n) is 2.63. The van der Waals surface area contributed by atoms with Gasteiger partial charge in [-0.25, -0.2) is 15.0 Å². The van der Waals surface area contributed by atoms with Gasteiger partial charge in [-0.15, -0.1) is 0 Å². The van der Waals surface area contributed by atoms with Crippen molar-refractivity contribution in [1.29, 1.82) is 0 Å². The minimum Gasteiger partial charge on any atom is -0.382 e. The number of rotatable bonds is 4. The molecule has 0 aliphatic rings. The van der Waals surface area contributed by atoms with Gasteiger partial charge >= 0.3 is 15.2 Å². The quantitative estimate of drug-likeness (QED) is 0.356. The summed E-state index contributed by atoms with van der Waals surface area (Å²) >= 11 is 0. The average Bonchev–Trinajstić information content (AvgIpc) is 2.72. The van der Waals surface area contributed by atoms with E-state index in [-0.39, 0.29) is 17.0 Å². The average molecular weight is 339 g/mol. The molecule has 0 saturated carbocycles. The van der Waals surface area contributed by atoms with Gasteiger partial charge in [0, 0.05) is 0 Å². The molecule has 21 heavy (non-hydrogen) atoms. The van der Waals surface area contributed by atoms with E-state index in [0.29, 0.717) is 4.57 Å². The highest BCUT2D eigenvalue weighted by molar-refractivity contribution is 7.56. The van der Waals surface area contributed by atoms with Gasteiger partial charge in [-0.3, -0.25) is 13.7 Å². The monoisotopic (exact) mass is 339 g/mol. The molecule has 2 aromatic heterocycles. The van der Waals surface area contributed by atoms with Gasteiger partial charge in [0.2, 0.25) is 0 Å². The molecule has 0 amide bonds. The van der Waals surface area contributed by atoms with Crippen molar-refractivity contribution in [2.75, 3.05) is 5.73 Å². The van der Waals surface area contributed by atoms with Crippen molar-refractivity contribution in [2.24, 2.45) is 0 Å². The van der Waals surface area contributed by atoms with E-state index in [0.717, 1.165) is 12.7 Å². The van der Waals surface area contributed by atoms with Crippen LogP contribution in [0.4, 0.5) is 5.82 Å². The van der Waals surface area contributed by atoms with Gasteiger partial charge in [0.15, 0.2) is 23.1 Å².